The van der Waals surface area contributed by atoms with Crippen molar-refractivity contribution in [3.05, 3.63) is 65.7 Å². The summed E-state index contributed by atoms with van der Waals surface area (Å²) in [6.45, 7) is 7.13. The number of carbonyl (C=O) groups excluding carboxylic acids is 1. The molecule has 0 N–H and O–H groups in total. The van der Waals surface area contributed by atoms with Gasteiger partial charge in [-0.3, -0.25) is 0 Å². The summed E-state index contributed by atoms with van der Waals surface area (Å²) in [7, 11) is 1.46. The topological polar surface area (TPSA) is 35.5 Å². The van der Waals surface area contributed by atoms with Crippen molar-refractivity contribution in [1.29, 1.82) is 0 Å². The maximum atomic E-state index is 14.4. The van der Waals surface area contributed by atoms with Crippen LogP contribution in [0.15, 0.2) is 48.6 Å². The number of hydrogen-bond donors (Lipinski definition) is 0. The third-order valence-electron chi connectivity index (χ3n) is 3.96. The molecule has 0 radical (unpaired) electrons. The highest BCUT2D eigenvalue weighted by Crippen LogP contribution is 2.28. The second kappa shape index (κ2) is 8.61. The van der Waals surface area contributed by atoms with Crippen LogP contribution in [0.4, 0.5) is 8.78 Å². The zero-order chi connectivity index (χ0) is 19.3. The molecule has 1 unspecified atom stereocenters. The van der Waals surface area contributed by atoms with Gasteiger partial charge in [-0.1, -0.05) is 25.6 Å². The normalized spacial score (nSPS) is 11.7. The van der Waals surface area contributed by atoms with E-state index in [9.17, 15) is 13.6 Å². The lowest BCUT2D eigenvalue weighted by atomic mass is 9.97. The van der Waals surface area contributed by atoms with Gasteiger partial charge in [-0.15, -0.1) is 0 Å². The fourth-order valence-electron chi connectivity index (χ4n) is 2.51. The third-order valence-corrected chi connectivity index (χ3v) is 3.96. The van der Waals surface area contributed by atoms with E-state index in [1.165, 1.54) is 19.2 Å². The summed E-state index contributed by atoms with van der Waals surface area (Å²) in [6.07, 6.45) is 0.403. The third kappa shape index (κ3) is 4.91. The highest BCUT2D eigenvalue weighted by atomic mass is 19.1. The molecule has 3 nitrogen and oxygen atoms in total. The minimum Gasteiger partial charge on any atom is -0.497 e. The van der Waals surface area contributed by atoms with Gasteiger partial charge in [0.1, 0.15) is 17.4 Å². The van der Waals surface area contributed by atoms with E-state index in [1.54, 1.807) is 31.2 Å². The predicted octanol–water partition coefficient (Wildman–Crippen LogP) is 4.94. The molecular formula is C21H22F2O3. The van der Waals surface area contributed by atoms with E-state index in [0.717, 1.165) is 0 Å². The largest absolute Gasteiger partial charge is 0.497 e. The van der Waals surface area contributed by atoms with Crippen LogP contribution in [0.25, 0.3) is 11.1 Å². The van der Waals surface area contributed by atoms with Gasteiger partial charge in [-0.2, -0.15) is 0 Å². The van der Waals surface area contributed by atoms with Gasteiger partial charge >= 0.3 is 5.97 Å². The summed E-state index contributed by atoms with van der Waals surface area (Å²) in [5.41, 5.74) is 1.57. The van der Waals surface area contributed by atoms with Crippen LogP contribution in [0, 0.1) is 17.6 Å². The standard InChI is InChI=1S/C21H22F2O3/c1-13(2)21(24)26-12-14(3)9-16-6-5-15(10-19(16)22)18-8-7-17(25-4)11-20(18)23/h5-8,10-11,14H,1,9,12H2,2-4H3. The number of esters is 1. The van der Waals surface area contributed by atoms with Crippen molar-refractivity contribution in [2.24, 2.45) is 5.92 Å². The lowest BCUT2D eigenvalue weighted by Crippen LogP contribution is -2.14. The smallest absolute Gasteiger partial charge is 0.333 e. The maximum Gasteiger partial charge on any atom is 0.333 e. The minimum atomic E-state index is -0.475. The van der Waals surface area contributed by atoms with Crippen LogP contribution in [0.1, 0.15) is 19.4 Å². The Hall–Kier alpha value is -2.69. The molecule has 0 saturated heterocycles. The van der Waals surface area contributed by atoms with Crippen LogP contribution >= 0.6 is 0 Å². The Balaban J connectivity index is 2.09. The molecule has 0 bridgehead atoms. The van der Waals surface area contributed by atoms with Gasteiger partial charge in [-0.25, -0.2) is 13.6 Å². The number of carbonyl (C=O) groups is 1. The van der Waals surface area contributed by atoms with Crippen molar-refractivity contribution in [1.82, 2.24) is 0 Å². The number of halogens is 2. The van der Waals surface area contributed by atoms with E-state index in [-0.39, 0.29) is 12.5 Å². The molecule has 5 heteroatoms. The molecule has 26 heavy (non-hydrogen) atoms. The van der Waals surface area contributed by atoms with E-state index in [1.807, 2.05) is 6.92 Å². The zero-order valence-corrected chi connectivity index (χ0v) is 15.1. The lowest BCUT2D eigenvalue weighted by Gasteiger charge is -2.14. The first-order valence-corrected chi connectivity index (χ1v) is 8.26. The summed E-state index contributed by atoms with van der Waals surface area (Å²) < 4.78 is 38.6. The molecule has 2 aromatic carbocycles. The highest BCUT2D eigenvalue weighted by molar-refractivity contribution is 5.86. The molecule has 0 aliphatic rings. The van der Waals surface area contributed by atoms with Crippen LogP contribution in [0.5, 0.6) is 5.75 Å². The Morgan fingerprint density at radius 2 is 1.88 bits per heavy atom. The Morgan fingerprint density at radius 3 is 2.46 bits per heavy atom. The van der Waals surface area contributed by atoms with Gasteiger partial charge in [0, 0.05) is 17.2 Å². The quantitative estimate of drug-likeness (QED) is 0.518. The monoisotopic (exact) mass is 360 g/mol. The maximum absolute atomic E-state index is 14.4. The summed E-state index contributed by atoms with van der Waals surface area (Å²) in [4.78, 5) is 11.4. The molecule has 0 aliphatic heterocycles. The molecule has 0 fully saturated rings. The second-order valence-corrected chi connectivity index (χ2v) is 6.34. The average Bonchev–Trinajstić information content (AvgIpc) is 2.61. The molecule has 0 spiro atoms. The van der Waals surface area contributed by atoms with Crippen molar-refractivity contribution in [2.75, 3.05) is 13.7 Å². The molecule has 0 saturated carbocycles. The molecule has 0 aromatic heterocycles. The van der Waals surface area contributed by atoms with E-state index in [2.05, 4.69) is 6.58 Å². The lowest BCUT2D eigenvalue weighted by molar-refractivity contribution is -0.140. The van der Waals surface area contributed by atoms with Gasteiger partial charge in [0.15, 0.2) is 0 Å². The predicted molar refractivity (Wildman–Crippen MR) is 97.0 cm³/mol. The van der Waals surface area contributed by atoms with Crippen molar-refractivity contribution in [2.45, 2.75) is 20.3 Å². The molecule has 1 atom stereocenters. The van der Waals surface area contributed by atoms with Gasteiger partial charge in [-0.05, 0) is 48.6 Å². The molecule has 0 amide bonds. The molecule has 2 rings (SSSR count). The summed E-state index contributed by atoms with van der Waals surface area (Å²) in [5.74, 6) is -1.01. The van der Waals surface area contributed by atoms with E-state index >= 15 is 0 Å². The van der Waals surface area contributed by atoms with E-state index in [4.69, 9.17) is 9.47 Å². The molecule has 0 heterocycles. The fourth-order valence-corrected chi connectivity index (χ4v) is 2.51. The second-order valence-electron chi connectivity index (χ2n) is 6.34. The van der Waals surface area contributed by atoms with Gasteiger partial charge in [0.2, 0.25) is 0 Å². The zero-order valence-electron chi connectivity index (χ0n) is 15.1. The van der Waals surface area contributed by atoms with Crippen molar-refractivity contribution >= 4 is 5.97 Å². The van der Waals surface area contributed by atoms with Gasteiger partial charge < -0.3 is 9.47 Å². The van der Waals surface area contributed by atoms with Crippen LogP contribution in [-0.2, 0) is 16.0 Å². The van der Waals surface area contributed by atoms with Crippen LogP contribution in [0.2, 0.25) is 0 Å². The van der Waals surface area contributed by atoms with Crippen LogP contribution < -0.4 is 4.74 Å². The minimum absolute atomic E-state index is 0.0589. The molecule has 2 aromatic rings. The summed E-state index contributed by atoms with van der Waals surface area (Å²) >= 11 is 0. The number of rotatable bonds is 7. The van der Waals surface area contributed by atoms with Gasteiger partial charge in [0.25, 0.3) is 0 Å². The number of hydrogen-bond acceptors (Lipinski definition) is 3. The Kier molecular flexibility index (Phi) is 6.50. The first-order chi connectivity index (χ1) is 12.3. The van der Waals surface area contributed by atoms with Crippen molar-refractivity contribution in [3.8, 4) is 16.9 Å². The van der Waals surface area contributed by atoms with Crippen LogP contribution in [-0.4, -0.2) is 19.7 Å². The average molecular weight is 360 g/mol. The Bertz CT molecular complexity index is 815. The first-order valence-electron chi connectivity index (χ1n) is 8.26. The Morgan fingerprint density at radius 1 is 1.15 bits per heavy atom. The van der Waals surface area contributed by atoms with E-state index < -0.39 is 17.6 Å². The first kappa shape index (κ1) is 19.6. The number of ether oxygens (including phenoxy) is 2. The van der Waals surface area contributed by atoms with E-state index in [0.29, 0.717) is 34.4 Å². The van der Waals surface area contributed by atoms with Crippen molar-refractivity contribution < 1.29 is 23.0 Å². The molecule has 0 aliphatic carbocycles. The SMILES string of the molecule is C=C(C)C(=O)OCC(C)Cc1ccc(-c2ccc(OC)cc2F)cc1F. The Labute approximate surface area is 152 Å². The fraction of sp³-hybridized carbons (Fsp3) is 0.286. The molecular weight excluding hydrogens is 338 g/mol. The number of benzene rings is 2. The highest BCUT2D eigenvalue weighted by Gasteiger charge is 2.14. The van der Waals surface area contributed by atoms with Crippen molar-refractivity contribution in [3.63, 3.8) is 0 Å². The molecule has 138 valence electrons. The van der Waals surface area contributed by atoms with Crippen LogP contribution in [0.3, 0.4) is 0 Å². The van der Waals surface area contributed by atoms with Gasteiger partial charge in [0.05, 0.1) is 13.7 Å². The summed E-state index contributed by atoms with van der Waals surface area (Å²) in [5, 5.41) is 0. The number of methoxy groups -OCH3 is 1. The summed E-state index contributed by atoms with van der Waals surface area (Å²) in [6, 6.07) is 9.07.